The molecule has 0 aliphatic heterocycles. The Hall–Kier alpha value is -2.71. The minimum atomic E-state index is -5.03. The van der Waals surface area contributed by atoms with Crippen molar-refractivity contribution in [1.29, 1.82) is 0 Å². The molecule has 0 fully saturated rings. The molecule has 0 aliphatic carbocycles. The second-order valence-electron chi connectivity index (χ2n) is 12.2. The average molecular weight is 765 g/mol. The second kappa shape index (κ2) is 16.1. The summed E-state index contributed by atoms with van der Waals surface area (Å²) in [5.74, 6) is -1.61. The van der Waals surface area contributed by atoms with Gasteiger partial charge in [-0.05, 0) is 75.2 Å². The Morgan fingerprint density at radius 1 is 0.939 bits per heavy atom. The molecule has 1 heterocycles. The molecule has 10 nitrogen and oxygen atoms in total. The van der Waals surface area contributed by atoms with Crippen molar-refractivity contribution in [2.45, 2.75) is 76.9 Å². The Labute approximate surface area is 295 Å². The van der Waals surface area contributed by atoms with Gasteiger partial charge in [0, 0.05) is 33.6 Å². The number of benzene rings is 3. The van der Waals surface area contributed by atoms with Crippen molar-refractivity contribution >= 4 is 40.9 Å². The van der Waals surface area contributed by atoms with Crippen molar-refractivity contribution in [3.63, 3.8) is 0 Å². The first-order valence-electron chi connectivity index (χ1n) is 14.8. The van der Waals surface area contributed by atoms with Gasteiger partial charge in [-0.15, -0.1) is 0 Å². The van der Waals surface area contributed by atoms with Crippen LogP contribution in [-0.2, 0) is 36.5 Å². The molecule has 0 saturated carbocycles. The van der Waals surface area contributed by atoms with Gasteiger partial charge in [0.05, 0.1) is 28.3 Å². The lowest BCUT2D eigenvalue weighted by molar-refractivity contribution is 0.0740. The minimum absolute atomic E-state index is 0. The number of sulfone groups is 1. The van der Waals surface area contributed by atoms with Crippen LogP contribution in [-0.4, -0.2) is 39.1 Å². The second-order valence-corrected chi connectivity index (χ2v) is 16.3. The number of nitrogens with zero attached hydrogens (tertiary/aromatic N) is 2. The number of phosphoric acid groups is 1. The molecular formula is C33H42Cl2F2N3O7PS. The van der Waals surface area contributed by atoms with E-state index in [9.17, 15) is 18.1 Å². The minimum Gasteiger partial charge on any atom is -0.384 e. The molecule has 4 aromatic rings. The molecular weight excluding hydrogens is 722 g/mol. The molecule has 0 atom stereocenters. The van der Waals surface area contributed by atoms with Gasteiger partial charge in [0.25, 0.3) is 0 Å². The average Bonchev–Trinajstić information content (AvgIpc) is 3.42. The van der Waals surface area contributed by atoms with Crippen molar-refractivity contribution in [3.05, 3.63) is 99.1 Å². The number of hydrogen-bond donors (Lipinski definition) is 4. The van der Waals surface area contributed by atoms with E-state index in [-0.39, 0.29) is 28.7 Å². The van der Waals surface area contributed by atoms with Crippen molar-refractivity contribution < 1.29 is 41.2 Å². The van der Waals surface area contributed by atoms with Crippen LogP contribution >= 0.6 is 31.0 Å². The molecule has 6 N–H and O–H groups in total. The van der Waals surface area contributed by atoms with Gasteiger partial charge >= 0.3 is 7.82 Å². The normalized spacial score (nSPS) is 12.3. The highest BCUT2D eigenvalue weighted by molar-refractivity contribution is 7.90. The lowest BCUT2D eigenvalue weighted by Gasteiger charge is -2.28. The van der Waals surface area contributed by atoms with Crippen LogP contribution in [0.25, 0.3) is 16.8 Å². The lowest BCUT2D eigenvalue weighted by Crippen LogP contribution is -2.25. The number of phosphoric ester groups is 1. The zero-order valence-electron chi connectivity index (χ0n) is 28.3. The van der Waals surface area contributed by atoms with E-state index in [1.807, 2.05) is 0 Å². The SMILES string of the molecule is CC(C)(O)c1cn(-c2ccc(-c3cc(F)c(COP(=O)(O)O)c(S(C)(=O)=O)c3)cc2F)c(C(C)(C)c2c(Cl)cccc2Cl)n1.CCCC.N. The standard InChI is InChI=1S/C29H29Cl2F2N2O7PS.C4H10.H3N/c1-28(2,26-19(30)7-6-8-20(26)31)27-34-25(29(3,4)36)14-35(27)23-10-9-16(11-22(23)33)17-12-21(32)18(15-42-43(37,38)39)24(13-17)44(5,40)41;1-3-4-2;/h6-14,36H,15H2,1-5H3,(H2,37,38,39);3-4H2,1-2H3;1H3. The van der Waals surface area contributed by atoms with Crippen LogP contribution in [0, 0.1) is 11.6 Å². The third kappa shape index (κ3) is 10.2. The summed E-state index contributed by atoms with van der Waals surface area (Å²) < 4.78 is 72.9. The Morgan fingerprint density at radius 3 is 1.96 bits per heavy atom. The van der Waals surface area contributed by atoms with E-state index in [1.165, 1.54) is 49.6 Å². The molecule has 0 unspecified atom stereocenters. The largest absolute Gasteiger partial charge is 0.469 e. The zero-order chi connectivity index (χ0) is 36.4. The number of rotatable bonds is 10. The van der Waals surface area contributed by atoms with Gasteiger partial charge in [0.15, 0.2) is 9.84 Å². The van der Waals surface area contributed by atoms with Gasteiger partial charge in [-0.2, -0.15) is 0 Å². The van der Waals surface area contributed by atoms with Gasteiger partial charge in [-0.1, -0.05) is 62.0 Å². The molecule has 0 spiro atoms. The molecule has 270 valence electrons. The first-order chi connectivity index (χ1) is 22.0. The summed E-state index contributed by atoms with van der Waals surface area (Å²) in [6.07, 6.45) is 4.92. The van der Waals surface area contributed by atoms with Crippen molar-refractivity contribution in [2.75, 3.05) is 6.26 Å². The summed E-state index contributed by atoms with van der Waals surface area (Å²) in [4.78, 5) is 22.1. The van der Waals surface area contributed by atoms with Crippen LogP contribution in [0.3, 0.4) is 0 Å². The van der Waals surface area contributed by atoms with E-state index in [4.69, 9.17) is 33.0 Å². The van der Waals surface area contributed by atoms with E-state index >= 15 is 8.78 Å². The van der Waals surface area contributed by atoms with E-state index in [0.29, 0.717) is 21.4 Å². The zero-order valence-corrected chi connectivity index (χ0v) is 31.5. The Morgan fingerprint density at radius 2 is 1.49 bits per heavy atom. The fraction of sp³-hybridized carbons (Fsp3) is 0.364. The van der Waals surface area contributed by atoms with Crippen molar-refractivity contribution in [2.24, 2.45) is 0 Å². The van der Waals surface area contributed by atoms with Crippen molar-refractivity contribution in [1.82, 2.24) is 15.7 Å². The van der Waals surface area contributed by atoms with Gasteiger partial charge in [0.1, 0.15) is 23.1 Å². The molecule has 0 aliphatic rings. The molecule has 0 saturated heterocycles. The number of aliphatic hydroxyl groups is 1. The predicted molar refractivity (Wildman–Crippen MR) is 188 cm³/mol. The van der Waals surface area contributed by atoms with Crippen molar-refractivity contribution in [3.8, 4) is 16.8 Å². The number of hydrogen-bond acceptors (Lipinski definition) is 7. The molecule has 0 bridgehead atoms. The summed E-state index contributed by atoms with van der Waals surface area (Å²) in [5.41, 5.74) is -2.11. The van der Waals surface area contributed by atoms with Crippen LogP contribution in [0.15, 0.2) is 59.6 Å². The van der Waals surface area contributed by atoms with Gasteiger partial charge in [-0.25, -0.2) is 26.7 Å². The Kier molecular flexibility index (Phi) is 13.9. The van der Waals surface area contributed by atoms with Crippen LogP contribution in [0.2, 0.25) is 10.0 Å². The third-order valence-corrected chi connectivity index (χ3v) is 9.71. The summed E-state index contributed by atoms with van der Waals surface area (Å²) >= 11 is 13.0. The van der Waals surface area contributed by atoms with Gasteiger partial charge < -0.3 is 21.0 Å². The summed E-state index contributed by atoms with van der Waals surface area (Å²) in [6, 6.07) is 10.9. The summed E-state index contributed by atoms with van der Waals surface area (Å²) in [7, 11) is -9.14. The van der Waals surface area contributed by atoms with E-state index in [1.54, 1.807) is 32.0 Å². The predicted octanol–water partition coefficient (Wildman–Crippen LogP) is 8.66. The molecule has 1 aromatic heterocycles. The fourth-order valence-electron chi connectivity index (χ4n) is 4.79. The first-order valence-corrected chi connectivity index (χ1v) is 19.0. The number of imidazole rings is 1. The first kappa shape index (κ1) is 42.5. The highest BCUT2D eigenvalue weighted by atomic mass is 35.5. The highest BCUT2D eigenvalue weighted by Crippen LogP contribution is 2.42. The maximum Gasteiger partial charge on any atom is 0.469 e. The number of halogens is 4. The quantitative estimate of drug-likeness (QED) is 0.115. The monoisotopic (exact) mass is 763 g/mol. The van der Waals surface area contributed by atoms with Gasteiger partial charge in [-0.3, -0.25) is 9.09 Å². The maximum absolute atomic E-state index is 15.9. The Balaban J connectivity index is 0.00000158. The van der Waals surface area contributed by atoms with E-state index in [0.717, 1.165) is 24.5 Å². The fourth-order valence-corrected chi connectivity index (χ4v) is 6.90. The van der Waals surface area contributed by atoms with E-state index < -0.39 is 57.4 Å². The van der Waals surface area contributed by atoms with Crippen LogP contribution in [0.1, 0.15) is 77.0 Å². The number of aromatic nitrogens is 2. The van der Waals surface area contributed by atoms with E-state index in [2.05, 4.69) is 23.4 Å². The maximum atomic E-state index is 15.9. The van der Waals surface area contributed by atoms with Crippen LogP contribution in [0.5, 0.6) is 0 Å². The summed E-state index contributed by atoms with van der Waals surface area (Å²) in [5, 5.41) is 11.5. The number of unbranched alkanes of at least 4 members (excludes halogenated alkanes) is 1. The van der Waals surface area contributed by atoms with Gasteiger partial charge in [0.2, 0.25) is 0 Å². The highest BCUT2D eigenvalue weighted by Gasteiger charge is 2.36. The third-order valence-electron chi connectivity index (χ3n) is 7.45. The van der Waals surface area contributed by atoms with Crippen LogP contribution < -0.4 is 6.15 Å². The lowest BCUT2D eigenvalue weighted by atomic mass is 9.83. The Bertz CT molecular complexity index is 1940. The molecule has 0 radical (unpaired) electrons. The molecule has 49 heavy (non-hydrogen) atoms. The smallest absolute Gasteiger partial charge is 0.384 e. The van der Waals surface area contributed by atoms with Crippen LogP contribution in [0.4, 0.5) is 8.78 Å². The molecule has 4 rings (SSSR count). The topological polar surface area (TPSA) is 174 Å². The molecule has 0 amide bonds. The summed E-state index contributed by atoms with van der Waals surface area (Å²) in [6.45, 7) is 10.0. The molecule has 3 aromatic carbocycles. The molecule has 16 heteroatoms.